The van der Waals surface area contributed by atoms with Crippen LogP contribution in [0.2, 0.25) is 0 Å². The van der Waals surface area contributed by atoms with Crippen molar-refractivity contribution in [3.8, 4) is 0 Å². The lowest BCUT2D eigenvalue weighted by Crippen LogP contribution is -2.38. The number of hydrogen-bond acceptors (Lipinski definition) is 6. The van der Waals surface area contributed by atoms with Gasteiger partial charge in [-0.05, 0) is 62.4 Å². The Hall–Kier alpha value is -1.73. The van der Waals surface area contributed by atoms with E-state index >= 15 is 0 Å². The van der Waals surface area contributed by atoms with E-state index in [4.69, 9.17) is 4.42 Å². The third-order valence-corrected chi connectivity index (χ3v) is 4.90. The van der Waals surface area contributed by atoms with Crippen molar-refractivity contribution in [3.63, 3.8) is 0 Å². The number of aromatic nitrogens is 2. The van der Waals surface area contributed by atoms with Crippen LogP contribution in [0.15, 0.2) is 22.8 Å². The fourth-order valence-corrected chi connectivity index (χ4v) is 3.30. The highest BCUT2D eigenvalue weighted by atomic mass is 32.1. The Morgan fingerprint density at radius 1 is 1.50 bits per heavy atom. The zero-order valence-electron chi connectivity index (χ0n) is 12.6. The molecule has 1 saturated heterocycles. The van der Waals surface area contributed by atoms with Crippen molar-refractivity contribution in [2.75, 3.05) is 19.6 Å². The summed E-state index contributed by atoms with van der Waals surface area (Å²) in [6, 6.07) is 3.94. The summed E-state index contributed by atoms with van der Waals surface area (Å²) in [5.41, 5.74) is 0.704. The molecule has 0 saturated carbocycles. The van der Waals surface area contributed by atoms with Crippen molar-refractivity contribution in [1.29, 1.82) is 0 Å². The molecule has 1 amide bonds. The average molecular weight is 320 g/mol. The number of carbonyl (C=O) groups excluding carboxylic acids is 1. The Morgan fingerprint density at radius 3 is 2.95 bits per heavy atom. The van der Waals surface area contributed by atoms with Crippen molar-refractivity contribution >= 4 is 17.4 Å². The summed E-state index contributed by atoms with van der Waals surface area (Å²) in [6.45, 7) is 5.50. The standard InChI is InChI=1S/C15H20N4O2S/c1-11-14(22-18-17-11)15(20)16-9-12-4-6-19(7-5-12)10-13-3-2-8-21-13/h2-3,8,12H,4-7,9-10H2,1H3,(H,16,20). The first kappa shape index (κ1) is 15.2. The summed E-state index contributed by atoms with van der Waals surface area (Å²) < 4.78 is 9.18. The summed E-state index contributed by atoms with van der Waals surface area (Å²) in [4.78, 5) is 15.1. The first-order valence-electron chi connectivity index (χ1n) is 7.54. The molecule has 1 aliphatic heterocycles. The van der Waals surface area contributed by atoms with E-state index in [0.29, 0.717) is 16.5 Å². The third-order valence-electron chi connectivity index (χ3n) is 4.08. The number of hydrogen-bond donors (Lipinski definition) is 1. The van der Waals surface area contributed by atoms with Gasteiger partial charge in [-0.3, -0.25) is 9.69 Å². The zero-order chi connectivity index (χ0) is 15.4. The van der Waals surface area contributed by atoms with Crippen LogP contribution < -0.4 is 5.32 Å². The molecule has 2 aromatic rings. The van der Waals surface area contributed by atoms with E-state index in [0.717, 1.165) is 56.3 Å². The molecule has 0 aromatic carbocycles. The highest BCUT2D eigenvalue weighted by Gasteiger charge is 2.21. The van der Waals surface area contributed by atoms with E-state index in [1.54, 1.807) is 6.26 Å². The molecule has 0 atom stereocenters. The highest BCUT2D eigenvalue weighted by Crippen LogP contribution is 2.19. The van der Waals surface area contributed by atoms with Crippen LogP contribution >= 0.6 is 11.5 Å². The van der Waals surface area contributed by atoms with E-state index in [1.165, 1.54) is 0 Å². The number of likely N-dealkylation sites (tertiary alicyclic amines) is 1. The van der Waals surface area contributed by atoms with Gasteiger partial charge in [0.1, 0.15) is 10.6 Å². The molecule has 0 unspecified atom stereocenters. The van der Waals surface area contributed by atoms with Crippen LogP contribution in [0.25, 0.3) is 0 Å². The molecule has 0 bridgehead atoms. The minimum Gasteiger partial charge on any atom is -0.468 e. The second kappa shape index (κ2) is 7.02. The van der Waals surface area contributed by atoms with Gasteiger partial charge in [0.2, 0.25) is 0 Å². The molecule has 3 heterocycles. The third kappa shape index (κ3) is 3.72. The molecule has 0 radical (unpaired) electrons. The molecule has 3 rings (SSSR count). The molecule has 118 valence electrons. The van der Waals surface area contributed by atoms with Gasteiger partial charge in [-0.15, -0.1) is 5.10 Å². The monoisotopic (exact) mass is 320 g/mol. The van der Waals surface area contributed by atoms with Gasteiger partial charge in [-0.25, -0.2) is 0 Å². The van der Waals surface area contributed by atoms with Crippen molar-refractivity contribution in [1.82, 2.24) is 19.8 Å². The Kier molecular flexibility index (Phi) is 4.84. The van der Waals surface area contributed by atoms with E-state index in [9.17, 15) is 4.79 Å². The quantitative estimate of drug-likeness (QED) is 0.913. The molecule has 1 N–H and O–H groups in total. The maximum atomic E-state index is 12.0. The maximum absolute atomic E-state index is 12.0. The molecular weight excluding hydrogens is 300 g/mol. The number of rotatable bonds is 5. The van der Waals surface area contributed by atoms with Gasteiger partial charge in [0.05, 0.1) is 18.5 Å². The summed E-state index contributed by atoms with van der Waals surface area (Å²) >= 11 is 1.15. The zero-order valence-corrected chi connectivity index (χ0v) is 13.4. The lowest BCUT2D eigenvalue weighted by atomic mass is 9.96. The van der Waals surface area contributed by atoms with Gasteiger partial charge < -0.3 is 9.73 Å². The number of nitrogens with one attached hydrogen (secondary N) is 1. The molecule has 1 aliphatic rings. The Labute approximate surface area is 133 Å². The van der Waals surface area contributed by atoms with Crippen LogP contribution in [0, 0.1) is 12.8 Å². The number of amides is 1. The van der Waals surface area contributed by atoms with E-state index in [2.05, 4.69) is 19.8 Å². The van der Waals surface area contributed by atoms with E-state index in [1.807, 2.05) is 19.1 Å². The summed E-state index contributed by atoms with van der Waals surface area (Å²) in [5.74, 6) is 1.50. The average Bonchev–Trinajstić information content (AvgIpc) is 3.18. The maximum Gasteiger partial charge on any atom is 0.264 e. The van der Waals surface area contributed by atoms with Crippen molar-refractivity contribution < 1.29 is 9.21 Å². The van der Waals surface area contributed by atoms with Crippen LogP contribution in [0.1, 0.15) is 34.0 Å². The minimum absolute atomic E-state index is 0.0504. The minimum atomic E-state index is -0.0504. The first-order chi connectivity index (χ1) is 10.7. The second-order valence-electron chi connectivity index (χ2n) is 5.70. The number of nitrogens with zero attached hydrogens (tertiary/aromatic N) is 3. The van der Waals surface area contributed by atoms with Crippen LogP contribution in [-0.2, 0) is 6.54 Å². The lowest BCUT2D eigenvalue weighted by molar-refractivity contribution is 0.0937. The molecule has 7 heteroatoms. The number of piperidine rings is 1. The summed E-state index contributed by atoms with van der Waals surface area (Å²) in [5, 5.41) is 6.88. The Bertz CT molecular complexity index is 603. The molecule has 0 aliphatic carbocycles. The predicted molar refractivity (Wildman–Crippen MR) is 83.7 cm³/mol. The van der Waals surface area contributed by atoms with Gasteiger partial charge in [-0.1, -0.05) is 4.49 Å². The predicted octanol–water partition coefficient (Wildman–Crippen LogP) is 2.08. The van der Waals surface area contributed by atoms with Crippen LogP contribution in [-0.4, -0.2) is 40.0 Å². The topological polar surface area (TPSA) is 71.3 Å². The first-order valence-corrected chi connectivity index (χ1v) is 8.31. The van der Waals surface area contributed by atoms with Crippen molar-refractivity contribution in [3.05, 3.63) is 34.7 Å². The van der Waals surface area contributed by atoms with Crippen LogP contribution in [0.4, 0.5) is 0 Å². The number of furan rings is 1. The highest BCUT2D eigenvalue weighted by molar-refractivity contribution is 7.07. The summed E-state index contributed by atoms with van der Waals surface area (Å²) in [6.07, 6.45) is 3.91. The van der Waals surface area contributed by atoms with Gasteiger partial charge >= 0.3 is 0 Å². The lowest BCUT2D eigenvalue weighted by Gasteiger charge is -2.31. The molecule has 2 aromatic heterocycles. The smallest absolute Gasteiger partial charge is 0.264 e. The van der Waals surface area contributed by atoms with E-state index in [-0.39, 0.29) is 5.91 Å². The number of carbonyl (C=O) groups is 1. The Morgan fingerprint density at radius 2 is 2.32 bits per heavy atom. The SMILES string of the molecule is Cc1nnsc1C(=O)NCC1CCN(Cc2ccco2)CC1. The fraction of sp³-hybridized carbons (Fsp3) is 0.533. The van der Waals surface area contributed by atoms with Gasteiger partial charge in [0.25, 0.3) is 5.91 Å². The van der Waals surface area contributed by atoms with Crippen LogP contribution in [0.5, 0.6) is 0 Å². The van der Waals surface area contributed by atoms with Gasteiger partial charge in [0, 0.05) is 6.54 Å². The van der Waals surface area contributed by atoms with Gasteiger partial charge in [0.15, 0.2) is 0 Å². The molecule has 0 spiro atoms. The summed E-state index contributed by atoms with van der Waals surface area (Å²) in [7, 11) is 0. The number of aryl methyl sites for hydroxylation is 1. The Balaban J connectivity index is 1.40. The molecular formula is C15H20N4O2S. The van der Waals surface area contributed by atoms with Gasteiger partial charge in [-0.2, -0.15) is 0 Å². The van der Waals surface area contributed by atoms with Crippen molar-refractivity contribution in [2.24, 2.45) is 5.92 Å². The molecule has 1 fully saturated rings. The molecule has 6 nitrogen and oxygen atoms in total. The largest absolute Gasteiger partial charge is 0.468 e. The fourth-order valence-electron chi connectivity index (χ4n) is 2.73. The second-order valence-corrected chi connectivity index (χ2v) is 6.45. The normalized spacial score (nSPS) is 16.8. The van der Waals surface area contributed by atoms with E-state index < -0.39 is 0 Å². The van der Waals surface area contributed by atoms with Crippen LogP contribution in [0.3, 0.4) is 0 Å². The van der Waals surface area contributed by atoms with Crippen molar-refractivity contribution in [2.45, 2.75) is 26.3 Å². The molecule has 22 heavy (non-hydrogen) atoms.